The molecule has 0 aliphatic carbocycles. The highest BCUT2D eigenvalue weighted by Gasteiger charge is 2.15. The third-order valence-electron chi connectivity index (χ3n) is 3.48. The first-order valence-corrected chi connectivity index (χ1v) is 7.72. The maximum Gasteiger partial charge on any atom is 0.335 e. The minimum absolute atomic E-state index is 0.00325. The number of hydrogen-bond acceptors (Lipinski definition) is 2. The van der Waals surface area contributed by atoms with Crippen molar-refractivity contribution in [2.75, 3.05) is 13.1 Å². The van der Waals surface area contributed by atoms with Crippen LogP contribution in [0.3, 0.4) is 0 Å². The summed E-state index contributed by atoms with van der Waals surface area (Å²) in [5.41, 5.74) is 0.769. The molecule has 0 aliphatic rings. The van der Waals surface area contributed by atoms with Crippen molar-refractivity contribution in [1.82, 2.24) is 4.90 Å². The summed E-state index contributed by atoms with van der Waals surface area (Å²) in [6, 6.07) is 6.17. The molecule has 1 aromatic carbocycles. The average molecular weight is 291 g/mol. The van der Waals surface area contributed by atoms with Gasteiger partial charge in [0.05, 0.1) is 5.56 Å². The number of carbonyl (C=O) groups excluding carboxylic acids is 1. The van der Waals surface area contributed by atoms with Gasteiger partial charge in [-0.25, -0.2) is 4.79 Å². The number of nitrogens with zero attached hydrogens (tertiary/aromatic N) is 1. The number of carboxylic acid groups (broad SMARTS) is 1. The van der Waals surface area contributed by atoms with Gasteiger partial charge in [0, 0.05) is 18.7 Å². The SMILES string of the molecule is CCCCCN(CCCC)C(=O)c1ccc(C(=O)O)cc1. The molecule has 0 fully saturated rings. The van der Waals surface area contributed by atoms with Crippen molar-refractivity contribution in [3.05, 3.63) is 35.4 Å². The third kappa shape index (κ3) is 5.58. The Kier molecular flexibility index (Phi) is 7.51. The zero-order chi connectivity index (χ0) is 15.7. The molecular weight excluding hydrogens is 266 g/mol. The summed E-state index contributed by atoms with van der Waals surface area (Å²) in [5.74, 6) is -0.976. The molecule has 21 heavy (non-hydrogen) atoms. The van der Waals surface area contributed by atoms with Crippen molar-refractivity contribution in [2.45, 2.75) is 46.0 Å². The molecule has 0 spiro atoms. The maximum absolute atomic E-state index is 12.5. The monoisotopic (exact) mass is 291 g/mol. The van der Waals surface area contributed by atoms with E-state index in [1.165, 1.54) is 12.1 Å². The van der Waals surface area contributed by atoms with Crippen LogP contribution in [-0.4, -0.2) is 35.0 Å². The predicted molar refractivity (Wildman–Crippen MR) is 83.7 cm³/mol. The number of carbonyl (C=O) groups is 2. The number of unbranched alkanes of at least 4 members (excludes halogenated alkanes) is 3. The van der Waals surface area contributed by atoms with E-state index in [0.29, 0.717) is 5.56 Å². The van der Waals surface area contributed by atoms with Crippen LogP contribution in [0, 0.1) is 0 Å². The van der Waals surface area contributed by atoms with Crippen LogP contribution in [0.25, 0.3) is 0 Å². The molecule has 0 heterocycles. The van der Waals surface area contributed by atoms with E-state index in [0.717, 1.165) is 45.2 Å². The molecule has 0 aromatic heterocycles. The lowest BCUT2D eigenvalue weighted by atomic mass is 10.1. The van der Waals surface area contributed by atoms with E-state index in [2.05, 4.69) is 13.8 Å². The van der Waals surface area contributed by atoms with Gasteiger partial charge in [-0.05, 0) is 37.1 Å². The second-order valence-electron chi connectivity index (χ2n) is 5.24. The van der Waals surface area contributed by atoms with E-state index in [1.54, 1.807) is 12.1 Å². The van der Waals surface area contributed by atoms with Gasteiger partial charge in [0.15, 0.2) is 0 Å². The zero-order valence-electron chi connectivity index (χ0n) is 13.0. The fourth-order valence-corrected chi connectivity index (χ4v) is 2.15. The molecule has 0 atom stereocenters. The summed E-state index contributed by atoms with van der Waals surface area (Å²) in [7, 11) is 0. The molecule has 0 radical (unpaired) electrons. The van der Waals surface area contributed by atoms with Gasteiger partial charge in [-0.2, -0.15) is 0 Å². The van der Waals surface area contributed by atoms with Gasteiger partial charge in [0.25, 0.3) is 5.91 Å². The average Bonchev–Trinajstić information content (AvgIpc) is 2.50. The molecule has 1 rings (SSSR count). The molecule has 0 saturated heterocycles. The van der Waals surface area contributed by atoms with E-state index < -0.39 is 5.97 Å². The summed E-state index contributed by atoms with van der Waals surface area (Å²) < 4.78 is 0. The Bertz CT molecular complexity index is 454. The van der Waals surface area contributed by atoms with Crippen LogP contribution in [0.1, 0.15) is 66.7 Å². The Morgan fingerprint density at radius 3 is 1.95 bits per heavy atom. The Hall–Kier alpha value is -1.84. The van der Waals surface area contributed by atoms with E-state index in [9.17, 15) is 9.59 Å². The molecule has 1 amide bonds. The summed E-state index contributed by atoms with van der Waals surface area (Å²) in [4.78, 5) is 25.2. The molecule has 4 nitrogen and oxygen atoms in total. The highest BCUT2D eigenvalue weighted by Crippen LogP contribution is 2.10. The minimum atomic E-state index is -0.972. The molecule has 0 saturated carbocycles. The Morgan fingerprint density at radius 1 is 0.905 bits per heavy atom. The fourth-order valence-electron chi connectivity index (χ4n) is 2.15. The summed E-state index contributed by atoms with van der Waals surface area (Å²) in [6.07, 6.45) is 5.30. The van der Waals surface area contributed by atoms with Gasteiger partial charge in [-0.15, -0.1) is 0 Å². The van der Waals surface area contributed by atoms with Gasteiger partial charge in [-0.3, -0.25) is 4.79 Å². The first-order chi connectivity index (χ1) is 10.1. The molecule has 0 unspecified atom stereocenters. The van der Waals surface area contributed by atoms with Crippen LogP contribution in [-0.2, 0) is 0 Å². The van der Waals surface area contributed by atoms with Crippen LogP contribution in [0.15, 0.2) is 24.3 Å². The maximum atomic E-state index is 12.5. The first-order valence-electron chi connectivity index (χ1n) is 7.72. The highest BCUT2D eigenvalue weighted by atomic mass is 16.4. The Balaban J connectivity index is 2.75. The fraction of sp³-hybridized carbons (Fsp3) is 0.529. The van der Waals surface area contributed by atoms with Crippen molar-refractivity contribution >= 4 is 11.9 Å². The van der Waals surface area contributed by atoms with Gasteiger partial charge in [0.2, 0.25) is 0 Å². The second kappa shape index (κ2) is 9.16. The number of amides is 1. The Labute approximate surface area is 126 Å². The summed E-state index contributed by atoms with van der Waals surface area (Å²) in [6.45, 7) is 5.78. The lowest BCUT2D eigenvalue weighted by molar-refractivity contribution is 0.0693. The third-order valence-corrected chi connectivity index (χ3v) is 3.48. The van der Waals surface area contributed by atoms with Crippen LogP contribution >= 0.6 is 0 Å². The van der Waals surface area contributed by atoms with Crippen LogP contribution < -0.4 is 0 Å². The highest BCUT2D eigenvalue weighted by molar-refractivity contribution is 5.95. The second-order valence-corrected chi connectivity index (χ2v) is 5.24. The zero-order valence-corrected chi connectivity index (χ0v) is 13.0. The topological polar surface area (TPSA) is 57.6 Å². The van der Waals surface area contributed by atoms with Crippen molar-refractivity contribution < 1.29 is 14.7 Å². The van der Waals surface area contributed by atoms with Gasteiger partial charge in [0.1, 0.15) is 0 Å². The van der Waals surface area contributed by atoms with Crippen molar-refractivity contribution in [1.29, 1.82) is 0 Å². The lowest BCUT2D eigenvalue weighted by Crippen LogP contribution is -2.33. The smallest absolute Gasteiger partial charge is 0.335 e. The normalized spacial score (nSPS) is 10.4. The van der Waals surface area contributed by atoms with E-state index in [1.807, 2.05) is 4.90 Å². The van der Waals surface area contributed by atoms with E-state index in [-0.39, 0.29) is 11.5 Å². The van der Waals surface area contributed by atoms with Crippen LogP contribution in [0.4, 0.5) is 0 Å². The quantitative estimate of drug-likeness (QED) is 0.704. The van der Waals surface area contributed by atoms with Gasteiger partial charge < -0.3 is 10.0 Å². The van der Waals surface area contributed by atoms with Crippen LogP contribution in [0.5, 0.6) is 0 Å². The number of aromatic carboxylic acids is 1. The summed E-state index contributed by atoms with van der Waals surface area (Å²) >= 11 is 0. The minimum Gasteiger partial charge on any atom is -0.478 e. The standard InChI is InChI=1S/C17H25NO3/c1-3-5-7-13-18(12-6-4-2)16(19)14-8-10-15(11-9-14)17(20)21/h8-11H,3-7,12-13H2,1-2H3,(H,20,21). The largest absolute Gasteiger partial charge is 0.478 e. The molecule has 0 bridgehead atoms. The van der Waals surface area contributed by atoms with Gasteiger partial charge >= 0.3 is 5.97 Å². The van der Waals surface area contributed by atoms with Crippen molar-refractivity contribution in [3.63, 3.8) is 0 Å². The first kappa shape index (κ1) is 17.2. The molecule has 1 aromatic rings. The van der Waals surface area contributed by atoms with Crippen LogP contribution in [0.2, 0.25) is 0 Å². The number of rotatable bonds is 9. The summed E-state index contributed by atoms with van der Waals surface area (Å²) in [5, 5.41) is 8.89. The number of benzene rings is 1. The van der Waals surface area contributed by atoms with E-state index in [4.69, 9.17) is 5.11 Å². The number of carboxylic acids is 1. The Morgan fingerprint density at radius 2 is 1.43 bits per heavy atom. The molecule has 4 heteroatoms. The lowest BCUT2D eigenvalue weighted by Gasteiger charge is -2.22. The predicted octanol–water partition coefficient (Wildman–Crippen LogP) is 3.82. The van der Waals surface area contributed by atoms with E-state index >= 15 is 0 Å². The van der Waals surface area contributed by atoms with Crippen molar-refractivity contribution in [2.24, 2.45) is 0 Å². The molecule has 0 aliphatic heterocycles. The van der Waals surface area contributed by atoms with Crippen molar-refractivity contribution in [3.8, 4) is 0 Å². The number of hydrogen-bond donors (Lipinski definition) is 1. The van der Waals surface area contributed by atoms with Gasteiger partial charge in [-0.1, -0.05) is 33.1 Å². The molecular formula is C17H25NO3. The molecule has 116 valence electrons. The molecule has 1 N–H and O–H groups in total.